The van der Waals surface area contributed by atoms with Crippen LogP contribution in [0, 0.1) is 0 Å². The lowest BCUT2D eigenvalue weighted by Gasteiger charge is -2.23. The number of nitrogens with one attached hydrogen (secondary N) is 3. The molecule has 86 valence electrons. The summed E-state index contributed by atoms with van der Waals surface area (Å²) in [4.78, 5) is 22.1. The van der Waals surface area contributed by atoms with Gasteiger partial charge in [-0.05, 0) is 12.8 Å². The molecule has 2 amide bonds. The van der Waals surface area contributed by atoms with E-state index in [4.69, 9.17) is 0 Å². The number of carbonyl (C=O) groups is 2. The molecule has 1 rings (SSSR count). The Bertz CT molecular complexity index is 221. The van der Waals surface area contributed by atoms with Gasteiger partial charge in [0.2, 0.25) is 11.8 Å². The summed E-state index contributed by atoms with van der Waals surface area (Å²) < 4.78 is 0. The van der Waals surface area contributed by atoms with Crippen molar-refractivity contribution in [3.63, 3.8) is 0 Å². The summed E-state index contributed by atoms with van der Waals surface area (Å²) in [5.74, 6) is 0.122. The molecule has 1 fully saturated rings. The highest BCUT2D eigenvalue weighted by Crippen LogP contribution is 2.01. The van der Waals surface area contributed by atoms with E-state index in [1.807, 2.05) is 6.92 Å². The van der Waals surface area contributed by atoms with Crippen molar-refractivity contribution in [3.8, 4) is 0 Å². The van der Waals surface area contributed by atoms with Gasteiger partial charge in [0.1, 0.15) is 0 Å². The predicted octanol–water partition coefficient (Wildman–Crippen LogP) is -0.619. The van der Waals surface area contributed by atoms with Gasteiger partial charge in [-0.1, -0.05) is 6.92 Å². The Morgan fingerprint density at radius 1 is 1.60 bits per heavy atom. The van der Waals surface area contributed by atoms with Crippen LogP contribution in [0.15, 0.2) is 0 Å². The highest BCUT2D eigenvalue weighted by atomic mass is 16.2. The van der Waals surface area contributed by atoms with Crippen LogP contribution in [0.3, 0.4) is 0 Å². The molecule has 5 heteroatoms. The first kappa shape index (κ1) is 12.0. The van der Waals surface area contributed by atoms with Crippen molar-refractivity contribution in [2.24, 2.45) is 0 Å². The lowest BCUT2D eigenvalue weighted by molar-refractivity contribution is -0.122. The molecule has 1 unspecified atom stereocenters. The summed E-state index contributed by atoms with van der Waals surface area (Å²) in [6, 6.07) is 0.232. The summed E-state index contributed by atoms with van der Waals surface area (Å²) in [6.07, 6.45) is 2.31. The topological polar surface area (TPSA) is 70.2 Å². The number of piperidine rings is 1. The Hall–Kier alpha value is -1.10. The lowest BCUT2D eigenvalue weighted by atomic mass is 10.1. The number of hydrogen-bond donors (Lipinski definition) is 3. The molecule has 0 aromatic heterocycles. The molecular weight excluding hydrogens is 194 g/mol. The molecule has 0 spiro atoms. The second kappa shape index (κ2) is 6.40. The molecule has 0 aliphatic carbocycles. The number of rotatable bonds is 5. The molecule has 0 aromatic carbocycles. The molecule has 0 bridgehead atoms. The van der Waals surface area contributed by atoms with Crippen LogP contribution in [0.1, 0.15) is 26.2 Å². The van der Waals surface area contributed by atoms with Crippen molar-refractivity contribution < 1.29 is 9.59 Å². The maximum Gasteiger partial charge on any atom is 0.233 e. The molecule has 0 aromatic rings. The van der Waals surface area contributed by atoms with Crippen LogP contribution < -0.4 is 16.0 Å². The van der Waals surface area contributed by atoms with Crippen molar-refractivity contribution in [1.82, 2.24) is 16.0 Å². The number of amides is 2. The van der Waals surface area contributed by atoms with Crippen LogP contribution in [0.5, 0.6) is 0 Å². The molecule has 0 saturated carbocycles. The van der Waals surface area contributed by atoms with E-state index in [1.54, 1.807) is 0 Å². The van der Waals surface area contributed by atoms with Gasteiger partial charge in [-0.15, -0.1) is 0 Å². The van der Waals surface area contributed by atoms with E-state index in [-0.39, 0.29) is 17.9 Å². The van der Waals surface area contributed by atoms with Crippen molar-refractivity contribution >= 4 is 11.8 Å². The fraction of sp³-hybridized carbons (Fsp3) is 0.800. The van der Waals surface area contributed by atoms with E-state index < -0.39 is 0 Å². The standard InChI is InChI=1S/C10H19N3O2/c1-2-5-11-10(15)7-12-8-3-4-9(14)13-6-8/h8,12H,2-7H2,1H3,(H,11,15)(H,13,14). The van der Waals surface area contributed by atoms with Gasteiger partial charge in [0, 0.05) is 25.6 Å². The Labute approximate surface area is 90.0 Å². The normalized spacial score (nSPS) is 20.9. The minimum absolute atomic E-state index is 0.0220. The number of carbonyl (C=O) groups excluding carboxylic acids is 2. The SMILES string of the molecule is CCCNC(=O)CNC1CCC(=O)NC1. The van der Waals surface area contributed by atoms with E-state index in [2.05, 4.69) is 16.0 Å². The maximum atomic E-state index is 11.2. The fourth-order valence-electron chi connectivity index (χ4n) is 1.47. The molecule has 15 heavy (non-hydrogen) atoms. The first-order valence-electron chi connectivity index (χ1n) is 5.49. The van der Waals surface area contributed by atoms with Crippen molar-refractivity contribution in [2.45, 2.75) is 32.2 Å². The van der Waals surface area contributed by atoms with Crippen LogP contribution in [0.2, 0.25) is 0 Å². The molecule has 1 aliphatic rings. The van der Waals surface area contributed by atoms with E-state index in [9.17, 15) is 9.59 Å². The third-order valence-corrected chi connectivity index (χ3v) is 2.39. The van der Waals surface area contributed by atoms with Gasteiger partial charge in [0.05, 0.1) is 6.54 Å². The van der Waals surface area contributed by atoms with Crippen LogP contribution in [-0.4, -0.2) is 37.5 Å². The first-order chi connectivity index (χ1) is 7.22. The summed E-state index contributed by atoms with van der Waals surface area (Å²) in [7, 11) is 0. The summed E-state index contributed by atoms with van der Waals surface area (Å²) in [5.41, 5.74) is 0. The van der Waals surface area contributed by atoms with Gasteiger partial charge < -0.3 is 16.0 Å². The van der Waals surface area contributed by atoms with Gasteiger partial charge >= 0.3 is 0 Å². The minimum atomic E-state index is 0.0220. The summed E-state index contributed by atoms with van der Waals surface area (Å²) >= 11 is 0. The second-order valence-corrected chi connectivity index (χ2v) is 3.77. The molecule has 1 aliphatic heterocycles. The minimum Gasteiger partial charge on any atom is -0.355 e. The monoisotopic (exact) mass is 213 g/mol. The van der Waals surface area contributed by atoms with Crippen molar-refractivity contribution in [3.05, 3.63) is 0 Å². The zero-order valence-corrected chi connectivity index (χ0v) is 9.14. The summed E-state index contributed by atoms with van der Waals surface area (Å²) in [6.45, 7) is 3.70. The molecule has 1 atom stereocenters. The van der Waals surface area contributed by atoms with E-state index >= 15 is 0 Å². The van der Waals surface area contributed by atoms with Gasteiger partial charge in [-0.25, -0.2) is 0 Å². The van der Waals surface area contributed by atoms with Crippen molar-refractivity contribution in [2.75, 3.05) is 19.6 Å². The largest absolute Gasteiger partial charge is 0.355 e. The quantitative estimate of drug-likeness (QED) is 0.570. The number of hydrogen-bond acceptors (Lipinski definition) is 3. The predicted molar refractivity (Wildman–Crippen MR) is 57.3 cm³/mol. The first-order valence-corrected chi connectivity index (χ1v) is 5.49. The average Bonchev–Trinajstić information content (AvgIpc) is 2.25. The zero-order chi connectivity index (χ0) is 11.1. The zero-order valence-electron chi connectivity index (χ0n) is 9.14. The average molecular weight is 213 g/mol. The molecule has 1 saturated heterocycles. The van der Waals surface area contributed by atoms with E-state index in [0.29, 0.717) is 19.5 Å². The van der Waals surface area contributed by atoms with Gasteiger partial charge in [-0.3, -0.25) is 9.59 Å². The Balaban J connectivity index is 2.09. The van der Waals surface area contributed by atoms with E-state index in [1.165, 1.54) is 0 Å². The maximum absolute atomic E-state index is 11.2. The summed E-state index contributed by atoms with van der Waals surface area (Å²) in [5, 5.41) is 8.68. The van der Waals surface area contributed by atoms with E-state index in [0.717, 1.165) is 19.4 Å². The van der Waals surface area contributed by atoms with Gasteiger partial charge in [0.25, 0.3) is 0 Å². The lowest BCUT2D eigenvalue weighted by Crippen LogP contribution is -2.48. The Morgan fingerprint density at radius 2 is 2.40 bits per heavy atom. The van der Waals surface area contributed by atoms with Crippen molar-refractivity contribution in [1.29, 1.82) is 0 Å². The molecule has 3 N–H and O–H groups in total. The third kappa shape index (κ3) is 4.78. The van der Waals surface area contributed by atoms with Crippen LogP contribution in [0.25, 0.3) is 0 Å². The highest BCUT2D eigenvalue weighted by Gasteiger charge is 2.17. The second-order valence-electron chi connectivity index (χ2n) is 3.77. The molecule has 1 heterocycles. The van der Waals surface area contributed by atoms with Crippen LogP contribution >= 0.6 is 0 Å². The smallest absolute Gasteiger partial charge is 0.233 e. The van der Waals surface area contributed by atoms with Gasteiger partial charge in [0.15, 0.2) is 0 Å². The van der Waals surface area contributed by atoms with Gasteiger partial charge in [-0.2, -0.15) is 0 Å². The Morgan fingerprint density at radius 3 is 3.00 bits per heavy atom. The fourth-order valence-corrected chi connectivity index (χ4v) is 1.47. The van der Waals surface area contributed by atoms with Crippen LogP contribution in [-0.2, 0) is 9.59 Å². The molecular formula is C10H19N3O2. The molecule has 0 radical (unpaired) electrons. The van der Waals surface area contributed by atoms with Crippen LogP contribution in [0.4, 0.5) is 0 Å². The Kier molecular flexibility index (Phi) is 5.10. The third-order valence-electron chi connectivity index (χ3n) is 2.39. The molecule has 5 nitrogen and oxygen atoms in total. The highest BCUT2D eigenvalue weighted by molar-refractivity contribution is 5.78.